The molecular weight excluding hydrogens is 252 g/mol. The Morgan fingerprint density at radius 2 is 2.15 bits per heavy atom. The first-order valence-electron chi connectivity index (χ1n) is 6.99. The summed E-state index contributed by atoms with van der Waals surface area (Å²) in [6.45, 7) is 5.11. The van der Waals surface area contributed by atoms with E-state index in [0.29, 0.717) is 11.7 Å². The summed E-state index contributed by atoms with van der Waals surface area (Å²) in [4.78, 5) is 6.64. The lowest BCUT2D eigenvalue weighted by Crippen LogP contribution is -2.14. The highest BCUT2D eigenvalue weighted by Crippen LogP contribution is 2.30. The zero-order valence-corrected chi connectivity index (χ0v) is 12.1. The molecule has 5 heteroatoms. The summed E-state index contributed by atoms with van der Waals surface area (Å²) < 4.78 is 5.23. The molecule has 1 atom stereocenters. The highest BCUT2D eigenvalue weighted by Gasteiger charge is 2.21. The van der Waals surface area contributed by atoms with Crippen LogP contribution in [0.5, 0.6) is 0 Å². The van der Waals surface area contributed by atoms with Gasteiger partial charge in [-0.25, -0.2) is 0 Å². The van der Waals surface area contributed by atoms with Gasteiger partial charge in [-0.3, -0.25) is 0 Å². The number of likely N-dealkylation sites (N-methyl/N-ethyl adjacent to an activating group) is 1. The molecule has 0 aliphatic carbocycles. The van der Waals surface area contributed by atoms with E-state index in [2.05, 4.69) is 40.3 Å². The zero-order valence-electron chi connectivity index (χ0n) is 12.1. The molecular formula is C15H20N4O. The average Bonchev–Trinajstić information content (AvgIpc) is 3.05. The fourth-order valence-corrected chi connectivity index (χ4v) is 2.54. The number of aromatic nitrogens is 2. The molecule has 0 fully saturated rings. The number of rotatable bonds is 3. The van der Waals surface area contributed by atoms with Gasteiger partial charge in [0.2, 0.25) is 5.89 Å². The molecule has 3 rings (SSSR count). The number of nitrogens with two attached hydrogens (primary N) is 1. The molecule has 0 radical (unpaired) electrons. The number of hydrogen-bond acceptors (Lipinski definition) is 5. The minimum absolute atomic E-state index is 0.220. The summed E-state index contributed by atoms with van der Waals surface area (Å²) in [6.07, 6.45) is 1.07. The highest BCUT2D eigenvalue weighted by molar-refractivity contribution is 5.59. The van der Waals surface area contributed by atoms with Crippen LogP contribution >= 0.6 is 0 Å². The minimum atomic E-state index is -0.331. The standard InChI is InChI=1S/C15H20N4O/c1-9(2)15-17-14(18-20-15)13(16)11-4-5-12-10(8-11)6-7-19(12)3/h4-5,8-9,13H,6-7,16H2,1-3H3. The Kier molecular flexibility index (Phi) is 3.22. The van der Waals surface area contributed by atoms with Crippen molar-refractivity contribution in [3.63, 3.8) is 0 Å². The molecule has 0 amide bonds. The number of benzene rings is 1. The van der Waals surface area contributed by atoms with Crippen LogP contribution in [0.3, 0.4) is 0 Å². The SMILES string of the molecule is CC(C)c1nc(C(N)c2ccc3c(c2)CCN3C)no1. The predicted molar refractivity (Wildman–Crippen MR) is 77.8 cm³/mol. The van der Waals surface area contributed by atoms with Gasteiger partial charge < -0.3 is 15.2 Å². The van der Waals surface area contributed by atoms with Gasteiger partial charge in [0.05, 0.1) is 6.04 Å². The van der Waals surface area contributed by atoms with Gasteiger partial charge >= 0.3 is 0 Å². The van der Waals surface area contributed by atoms with E-state index >= 15 is 0 Å². The van der Waals surface area contributed by atoms with Crippen LogP contribution in [0, 0.1) is 0 Å². The Morgan fingerprint density at radius 1 is 1.35 bits per heavy atom. The van der Waals surface area contributed by atoms with E-state index in [4.69, 9.17) is 10.3 Å². The average molecular weight is 272 g/mol. The van der Waals surface area contributed by atoms with Gasteiger partial charge in [0, 0.05) is 25.2 Å². The Balaban J connectivity index is 1.88. The normalized spacial score (nSPS) is 15.8. The van der Waals surface area contributed by atoms with E-state index < -0.39 is 0 Å². The van der Waals surface area contributed by atoms with E-state index in [1.165, 1.54) is 11.3 Å². The number of nitrogens with zero attached hydrogens (tertiary/aromatic N) is 3. The Bertz CT molecular complexity index is 620. The van der Waals surface area contributed by atoms with E-state index in [1.54, 1.807) is 0 Å². The number of hydrogen-bond donors (Lipinski definition) is 1. The predicted octanol–water partition coefficient (Wildman–Crippen LogP) is 2.23. The molecule has 0 bridgehead atoms. The second-order valence-electron chi connectivity index (χ2n) is 5.68. The van der Waals surface area contributed by atoms with Crippen molar-refractivity contribution in [2.45, 2.75) is 32.2 Å². The van der Waals surface area contributed by atoms with Crippen molar-refractivity contribution in [2.24, 2.45) is 5.73 Å². The van der Waals surface area contributed by atoms with Crippen molar-refractivity contribution >= 4 is 5.69 Å². The molecule has 2 N–H and O–H groups in total. The first kappa shape index (κ1) is 13.1. The van der Waals surface area contributed by atoms with Gasteiger partial charge in [0.1, 0.15) is 0 Å². The van der Waals surface area contributed by atoms with Crippen molar-refractivity contribution < 1.29 is 4.52 Å². The second kappa shape index (κ2) is 4.90. The summed E-state index contributed by atoms with van der Waals surface area (Å²) in [7, 11) is 2.11. The van der Waals surface area contributed by atoms with Gasteiger partial charge in [-0.2, -0.15) is 4.98 Å². The molecule has 0 spiro atoms. The van der Waals surface area contributed by atoms with Crippen LogP contribution in [0.15, 0.2) is 22.7 Å². The van der Waals surface area contributed by atoms with Crippen molar-refractivity contribution in [2.75, 3.05) is 18.5 Å². The lowest BCUT2D eigenvalue weighted by atomic mass is 10.0. The van der Waals surface area contributed by atoms with Crippen molar-refractivity contribution in [1.82, 2.24) is 10.1 Å². The first-order chi connectivity index (χ1) is 9.56. The molecule has 0 saturated heterocycles. The van der Waals surface area contributed by atoms with Crippen LogP contribution in [0.25, 0.3) is 0 Å². The summed E-state index contributed by atoms with van der Waals surface area (Å²) >= 11 is 0. The summed E-state index contributed by atoms with van der Waals surface area (Å²) in [6, 6.07) is 6.01. The van der Waals surface area contributed by atoms with Gasteiger partial charge in [-0.1, -0.05) is 31.1 Å². The monoisotopic (exact) mass is 272 g/mol. The fourth-order valence-electron chi connectivity index (χ4n) is 2.54. The smallest absolute Gasteiger partial charge is 0.229 e. The van der Waals surface area contributed by atoms with E-state index in [0.717, 1.165) is 18.5 Å². The molecule has 1 aliphatic heterocycles. The summed E-state index contributed by atoms with van der Waals surface area (Å²) in [5.41, 5.74) is 9.93. The second-order valence-corrected chi connectivity index (χ2v) is 5.68. The largest absolute Gasteiger partial charge is 0.374 e. The van der Waals surface area contributed by atoms with Gasteiger partial charge in [0.15, 0.2) is 5.82 Å². The molecule has 2 heterocycles. The third-order valence-electron chi connectivity index (χ3n) is 3.82. The van der Waals surface area contributed by atoms with E-state index in [1.807, 2.05) is 13.8 Å². The van der Waals surface area contributed by atoms with E-state index in [9.17, 15) is 0 Å². The highest BCUT2D eigenvalue weighted by atomic mass is 16.5. The molecule has 1 unspecified atom stereocenters. The first-order valence-corrected chi connectivity index (χ1v) is 6.99. The van der Waals surface area contributed by atoms with Crippen LogP contribution in [-0.2, 0) is 6.42 Å². The Hall–Kier alpha value is -1.88. The summed E-state index contributed by atoms with van der Waals surface area (Å²) in [5, 5.41) is 4.00. The lowest BCUT2D eigenvalue weighted by Gasteiger charge is -2.13. The number of anilines is 1. The molecule has 2 aromatic rings. The van der Waals surface area contributed by atoms with Crippen LogP contribution in [-0.4, -0.2) is 23.7 Å². The third-order valence-corrected chi connectivity index (χ3v) is 3.82. The molecule has 1 aromatic heterocycles. The maximum atomic E-state index is 6.26. The van der Waals surface area contributed by atoms with Gasteiger partial charge in [-0.05, 0) is 23.6 Å². The lowest BCUT2D eigenvalue weighted by molar-refractivity contribution is 0.359. The quantitative estimate of drug-likeness (QED) is 0.928. The molecule has 5 nitrogen and oxygen atoms in total. The Labute approximate surface area is 118 Å². The molecule has 1 aliphatic rings. The molecule has 1 aromatic carbocycles. The minimum Gasteiger partial charge on any atom is -0.374 e. The fraction of sp³-hybridized carbons (Fsp3) is 0.467. The van der Waals surface area contributed by atoms with Crippen molar-refractivity contribution in [3.05, 3.63) is 41.0 Å². The van der Waals surface area contributed by atoms with Gasteiger partial charge in [0.25, 0.3) is 0 Å². The maximum absolute atomic E-state index is 6.26. The van der Waals surface area contributed by atoms with Crippen LogP contribution in [0.2, 0.25) is 0 Å². The van der Waals surface area contributed by atoms with Crippen molar-refractivity contribution in [1.29, 1.82) is 0 Å². The van der Waals surface area contributed by atoms with Crippen LogP contribution in [0.4, 0.5) is 5.69 Å². The topological polar surface area (TPSA) is 68.2 Å². The third kappa shape index (κ3) is 2.18. The zero-order chi connectivity index (χ0) is 14.3. The Morgan fingerprint density at radius 3 is 2.85 bits per heavy atom. The molecule has 20 heavy (non-hydrogen) atoms. The maximum Gasteiger partial charge on any atom is 0.229 e. The van der Waals surface area contributed by atoms with E-state index in [-0.39, 0.29) is 12.0 Å². The number of fused-ring (bicyclic) bond motifs is 1. The molecule has 0 saturated carbocycles. The van der Waals surface area contributed by atoms with Gasteiger partial charge in [-0.15, -0.1) is 0 Å². The van der Waals surface area contributed by atoms with Crippen LogP contribution < -0.4 is 10.6 Å². The summed E-state index contributed by atoms with van der Waals surface area (Å²) in [5.74, 6) is 1.41. The molecule has 106 valence electrons. The van der Waals surface area contributed by atoms with Crippen LogP contribution in [0.1, 0.15) is 48.6 Å². The van der Waals surface area contributed by atoms with Crippen molar-refractivity contribution in [3.8, 4) is 0 Å².